The number of hydrogen-bond donors (Lipinski definition) is 2. The zero-order chi connectivity index (χ0) is 15.2. The van der Waals surface area contributed by atoms with Crippen molar-refractivity contribution in [2.75, 3.05) is 20.1 Å². The molecule has 0 aliphatic carbocycles. The van der Waals surface area contributed by atoms with Crippen LogP contribution < -0.4 is 5.32 Å². The van der Waals surface area contributed by atoms with Crippen LogP contribution >= 0.6 is 0 Å². The maximum Gasteiger partial charge on any atom is 0.224 e. The summed E-state index contributed by atoms with van der Waals surface area (Å²) >= 11 is 0. The van der Waals surface area contributed by atoms with E-state index in [4.69, 9.17) is 0 Å². The molecule has 3 unspecified atom stereocenters. The maximum absolute atomic E-state index is 12.3. The van der Waals surface area contributed by atoms with Crippen LogP contribution in [0.1, 0.15) is 37.9 Å². The molecule has 1 aliphatic rings. The summed E-state index contributed by atoms with van der Waals surface area (Å²) in [4.78, 5) is 14.5. The molecule has 1 amide bonds. The lowest BCUT2D eigenvalue weighted by Gasteiger charge is -2.30. The summed E-state index contributed by atoms with van der Waals surface area (Å²) in [6, 6.07) is 9.56. The Morgan fingerprint density at radius 1 is 1.43 bits per heavy atom. The molecule has 0 spiro atoms. The van der Waals surface area contributed by atoms with Crippen molar-refractivity contribution in [1.82, 2.24) is 10.2 Å². The van der Waals surface area contributed by atoms with Gasteiger partial charge in [0.2, 0.25) is 5.91 Å². The third-order valence-electron chi connectivity index (χ3n) is 4.15. The Bertz CT molecular complexity index is 449. The quantitative estimate of drug-likeness (QED) is 0.871. The van der Waals surface area contributed by atoms with Crippen molar-refractivity contribution in [3.8, 4) is 0 Å². The molecule has 3 atom stereocenters. The first-order chi connectivity index (χ1) is 10.1. The fraction of sp³-hybridized carbons (Fsp3) is 0.588. The van der Waals surface area contributed by atoms with Crippen LogP contribution in [0, 0.1) is 5.92 Å². The first-order valence-electron chi connectivity index (χ1n) is 7.78. The Labute approximate surface area is 127 Å². The number of carbonyl (C=O) groups is 1. The molecule has 4 nitrogen and oxygen atoms in total. The molecule has 1 heterocycles. The summed E-state index contributed by atoms with van der Waals surface area (Å²) < 4.78 is 0. The maximum atomic E-state index is 12.3. The van der Waals surface area contributed by atoms with Crippen molar-refractivity contribution >= 4 is 5.91 Å². The van der Waals surface area contributed by atoms with Crippen LogP contribution in [-0.2, 0) is 4.79 Å². The second-order valence-corrected chi connectivity index (χ2v) is 6.17. The molecular formula is C17H26N2O2. The number of amides is 1. The van der Waals surface area contributed by atoms with E-state index in [2.05, 4.69) is 17.3 Å². The summed E-state index contributed by atoms with van der Waals surface area (Å²) in [5.74, 6) is 0.203. The Morgan fingerprint density at radius 2 is 2.14 bits per heavy atom. The minimum atomic E-state index is -0.532. The molecule has 0 radical (unpaired) electrons. The molecule has 1 saturated heterocycles. The van der Waals surface area contributed by atoms with E-state index in [0.29, 0.717) is 6.42 Å². The smallest absolute Gasteiger partial charge is 0.224 e. The van der Waals surface area contributed by atoms with Gasteiger partial charge in [0.15, 0.2) is 0 Å². The first kappa shape index (κ1) is 16.0. The Kier molecular flexibility index (Phi) is 5.76. The van der Waals surface area contributed by atoms with Crippen LogP contribution in [-0.4, -0.2) is 42.1 Å². The largest absolute Gasteiger partial charge is 0.388 e. The summed E-state index contributed by atoms with van der Waals surface area (Å²) in [5, 5.41) is 13.2. The fourth-order valence-corrected chi connectivity index (χ4v) is 2.95. The average Bonchev–Trinajstić information content (AvgIpc) is 2.48. The number of likely N-dealkylation sites (tertiary alicyclic amines) is 1. The highest BCUT2D eigenvalue weighted by Crippen LogP contribution is 2.19. The number of carbonyl (C=O) groups excluding carboxylic acids is 1. The lowest BCUT2D eigenvalue weighted by Crippen LogP contribution is -2.44. The van der Waals surface area contributed by atoms with E-state index < -0.39 is 6.10 Å². The molecule has 1 aromatic carbocycles. The molecule has 21 heavy (non-hydrogen) atoms. The molecule has 1 aliphatic heterocycles. The molecule has 2 N–H and O–H groups in total. The number of rotatable bonds is 5. The van der Waals surface area contributed by atoms with Crippen LogP contribution in [0.15, 0.2) is 30.3 Å². The Hall–Kier alpha value is -1.39. The van der Waals surface area contributed by atoms with Crippen molar-refractivity contribution in [3.05, 3.63) is 35.9 Å². The van der Waals surface area contributed by atoms with Gasteiger partial charge < -0.3 is 15.3 Å². The molecular weight excluding hydrogens is 264 g/mol. The van der Waals surface area contributed by atoms with Crippen LogP contribution in [0.2, 0.25) is 0 Å². The highest BCUT2D eigenvalue weighted by atomic mass is 16.3. The van der Waals surface area contributed by atoms with Gasteiger partial charge >= 0.3 is 0 Å². The Balaban J connectivity index is 1.81. The van der Waals surface area contributed by atoms with Crippen molar-refractivity contribution < 1.29 is 9.90 Å². The molecule has 1 aromatic rings. The van der Waals surface area contributed by atoms with Crippen molar-refractivity contribution in [3.63, 3.8) is 0 Å². The standard InChI is InChI=1S/C17H26N2O2/c1-13(11-16(20)14-7-4-3-5-8-14)18-17(21)15-9-6-10-19(2)12-15/h3-5,7-8,13,15-16,20H,6,9-12H2,1-2H3,(H,18,21). The number of nitrogens with one attached hydrogen (secondary N) is 1. The number of hydrogen-bond acceptors (Lipinski definition) is 3. The van der Waals surface area contributed by atoms with E-state index in [9.17, 15) is 9.90 Å². The highest BCUT2D eigenvalue weighted by Gasteiger charge is 2.25. The van der Waals surface area contributed by atoms with Gasteiger partial charge in [-0.15, -0.1) is 0 Å². The van der Waals surface area contributed by atoms with Gasteiger partial charge in [-0.1, -0.05) is 30.3 Å². The average molecular weight is 290 g/mol. The Morgan fingerprint density at radius 3 is 2.81 bits per heavy atom. The number of aliphatic hydroxyl groups is 1. The summed E-state index contributed by atoms with van der Waals surface area (Å²) in [5.41, 5.74) is 0.899. The SMILES string of the molecule is CC(CC(O)c1ccccc1)NC(=O)C1CCCN(C)C1. The second kappa shape index (κ2) is 7.57. The van der Waals surface area contributed by atoms with E-state index in [0.717, 1.165) is 31.5 Å². The minimum Gasteiger partial charge on any atom is -0.388 e. The van der Waals surface area contributed by atoms with Gasteiger partial charge in [0, 0.05) is 12.6 Å². The van der Waals surface area contributed by atoms with Crippen LogP contribution in [0.3, 0.4) is 0 Å². The molecule has 0 saturated carbocycles. The van der Waals surface area contributed by atoms with Crippen LogP contribution in [0.4, 0.5) is 0 Å². The summed E-state index contributed by atoms with van der Waals surface area (Å²) in [6.45, 7) is 3.86. The van der Waals surface area contributed by atoms with Crippen LogP contribution in [0.5, 0.6) is 0 Å². The van der Waals surface area contributed by atoms with Gasteiger partial charge in [-0.05, 0) is 45.3 Å². The molecule has 4 heteroatoms. The number of aliphatic hydroxyl groups excluding tert-OH is 1. The van der Waals surface area contributed by atoms with Gasteiger partial charge in [0.1, 0.15) is 0 Å². The monoisotopic (exact) mass is 290 g/mol. The van der Waals surface area contributed by atoms with Gasteiger partial charge in [0.25, 0.3) is 0 Å². The summed E-state index contributed by atoms with van der Waals surface area (Å²) in [7, 11) is 2.06. The van der Waals surface area contributed by atoms with Gasteiger partial charge in [-0.25, -0.2) is 0 Å². The molecule has 116 valence electrons. The number of benzene rings is 1. The van der Waals surface area contributed by atoms with Crippen LogP contribution in [0.25, 0.3) is 0 Å². The van der Waals surface area contributed by atoms with E-state index in [-0.39, 0.29) is 17.9 Å². The van der Waals surface area contributed by atoms with E-state index in [1.54, 1.807) is 0 Å². The third kappa shape index (κ3) is 4.83. The molecule has 0 aromatic heterocycles. The van der Waals surface area contributed by atoms with Gasteiger partial charge in [-0.3, -0.25) is 4.79 Å². The van der Waals surface area contributed by atoms with E-state index in [1.165, 1.54) is 0 Å². The van der Waals surface area contributed by atoms with E-state index >= 15 is 0 Å². The first-order valence-corrected chi connectivity index (χ1v) is 7.78. The zero-order valence-electron chi connectivity index (χ0n) is 13.0. The molecule has 2 rings (SSSR count). The third-order valence-corrected chi connectivity index (χ3v) is 4.15. The molecule has 0 bridgehead atoms. The van der Waals surface area contributed by atoms with Gasteiger partial charge in [-0.2, -0.15) is 0 Å². The second-order valence-electron chi connectivity index (χ2n) is 6.17. The lowest BCUT2D eigenvalue weighted by atomic mass is 9.96. The van der Waals surface area contributed by atoms with Crippen molar-refractivity contribution in [2.45, 2.75) is 38.3 Å². The predicted octanol–water partition coefficient (Wildman–Crippen LogP) is 1.96. The highest BCUT2D eigenvalue weighted by molar-refractivity contribution is 5.79. The van der Waals surface area contributed by atoms with Crippen molar-refractivity contribution in [1.29, 1.82) is 0 Å². The number of piperidine rings is 1. The normalized spacial score (nSPS) is 22.5. The van der Waals surface area contributed by atoms with Crippen molar-refractivity contribution in [2.24, 2.45) is 5.92 Å². The minimum absolute atomic E-state index is 0.0278. The van der Waals surface area contributed by atoms with Gasteiger partial charge in [0.05, 0.1) is 12.0 Å². The lowest BCUT2D eigenvalue weighted by molar-refractivity contribution is -0.127. The fourth-order valence-electron chi connectivity index (χ4n) is 2.95. The summed E-state index contributed by atoms with van der Waals surface area (Å²) in [6.07, 6.45) is 2.05. The number of nitrogens with zero attached hydrogens (tertiary/aromatic N) is 1. The topological polar surface area (TPSA) is 52.6 Å². The predicted molar refractivity (Wildman–Crippen MR) is 83.8 cm³/mol. The zero-order valence-corrected chi connectivity index (χ0v) is 13.0. The molecule has 1 fully saturated rings. The van der Waals surface area contributed by atoms with E-state index in [1.807, 2.05) is 37.3 Å².